The molecule has 0 amide bonds. The minimum absolute atomic E-state index is 0.458. The predicted molar refractivity (Wildman–Crippen MR) is 69.8 cm³/mol. The van der Waals surface area contributed by atoms with Gasteiger partial charge in [0.1, 0.15) is 0 Å². The van der Waals surface area contributed by atoms with Crippen LogP contribution in [-0.2, 0) is 0 Å². The molecule has 1 atom stereocenters. The molecule has 2 saturated heterocycles. The van der Waals surface area contributed by atoms with Crippen LogP contribution in [-0.4, -0.2) is 35.6 Å². The first kappa shape index (κ1) is 12.4. The van der Waals surface area contributed by atoms with Gasteiger partial charge in [-0.3, -0.25) is 4.90 Å². The fraction of sp³-hybridized carbons (Fsp3) is 1.00. The van der Waals surface area contributed by atoms with E-state index in [0.717, 1.165) is 0 Å². The van der Waals surface area contributed by atoms with Crippen molar-refractivity contribution in [1.29, 1.82) is 0 Å². The highest BCUT2D eigenvalue weighted by Gasteiger charge is 2.42. The van der Waals surface area contributed by atoms with Gasteiger partial charge in [-0.15, -0.1) is 0 Å². The average molecular weight is 224 g/mol. The van der Waals surface area contributed by atoms with E-state index < -0.39 is 0 Å². The molecule has 1 N–H and O–H groups in total. The Kier molecular flexibility index (Phi) is 3.60. The van der Waals surface area contributed by atoms with Crippen LogP contribution >= 0.6 is 0 Å². The molecule has 94 valence electrons. The van der Waals surface area contributed by atoms with Gasteiger partial charge in [0.25, 0.3) is 0 Å². The summed E-state index contributed by atoms with van der Waals surface area (Å²) >= 11 is 0. The van der Waals surface area contributed by atoms with E-state index in [4.69, 9.17) is 0 Å². The molecule has 0 aromatic carbocycles. The molecule has 0 aromatic heterocycles. The molecule has 2 heterocycles. The number of hydrogen-bond acceptors (Lipinski definition) is 2. The molecule has 16 heavy (non-hydrogen) atoms. The zero-order valence-electron chi connectivity index (χ0n) is 11.3. The Balaban J connectivity index is 1.91. The van der Waals surface area contributed by atoms with Crippen LogP contribution in [0.2, 0.25) is 0 Å². The molecule has 2 heteroatoms. The quantitative estimate of drug-likeness (QED) is 0.790. The molecule has 1 unspecified atom stereocenters. The number of nitrogens with one attached hydrogen (secondary N) is 1. The molecule has 2 aliphatic heterocycles. The van der Waals surface area contributed by atoms with Gasteiger partial charge >= 0.3 is 0 Å². The number of piperidine rings is 1. The van der Waals surface area contributed by atoms with Crippen molar-refractivity contribution in [1.82, 2.24) is 10.2 Å². The number of likely N-dealkylation sites (tertiary alicyclic amines) is 1. The van der Waals surface area contributed by atoms with Crippen molar-refractivity contribution < 1.29 is 0 Å². The summed E-state index contributed by atoms with van der Waals surface area (Å²) in [6, 6.07) is 0. The van der Waals surface area contributed by atoms with Gasteiger partial charge in [0.15, 0.2) is 0 Å². The van der Waals surface area contributed by atoms with E-state index in [2.05, 4.69) is 31.0 Å². The van der Waals surface area contributed by atoms with Crippen molar-refractivity contribution in [3.05, 3.63) is 0 Å². The largest absolute Gasteiger partial charge is 0.311 e. The van der Waals surface area contributed by atoms with Gasteiger partial charge in [0, 0.05) is 24.2 Å². The van der Waals surface area contributed by atoms with E-state index in [9.17, 15) is 0 Å². The number of nitrogens with zero attached hydrogens (tertiary/aromatic N) is 1. The summed E-state index contributed by atoms with van der Waals surface area (Å²) < 4.78 is 0. The Morgan fingerprint density at radius 2 is 1.81 bits per heavy atom. The molecule has 0 aromatic rings. The summed E-state index contributed by atoms with van der Waals surface area (Å²) in [5.41, 5.74) is 1.01. The second-order valence-electron chi connectivity index (χ2n) is 6.04. The minimum Gasteiger partial charge on any atom is -0.311 e. The lowest BCUT2D eigenvalue weighted by molar-refractivity contribution is 0.0133. The maximum Gasteiger partial charge on any atom is 0.0217 e. The Morgan fingerprint density at radius 3 is 2.19 bits per heavy atom. The van der Waals surface area contributed by atoms with Crippen LogP contribution in [0.4, 0.5) is 0 Å². The molecule has 0 aliphatic carbocycles. The van der Waals surface area contributed by atoms with Crippen molar-refractivity contribution >= 4 is 0 Å². The van der Waals surface area contributed by atoms with E-state index in [1.807, 2.05) is 0 Å². The van der Waals surface area contributed by atoms with Crippen LogP contribution in [0, 0.1) is 0 Å². The van der Waals surface area contributed by atoms with Crippen LogP contribution in [0.1, 0.15) is 59.3 Å². The van der Waals surface area contributed by atoms with Crippen LogP contribution in [0.3, 0.4) is 0 Å². The Labute approximate surface area is 101 Å². The fourth-order valence-electron chi connectivity index (χ4n) is 3.48. The molecule has 2 fully saturated rings. The summed E-state index contributed by atoms with van der Waals surface area (Å²) in [5.74, 6) is 0. The Bertz CT molecular complexity index is 225. The van der Waals surface area contributed by atoms with Gasteiger partial charge in [-0.25, -0.2) is 0 Å². The second kappa shape index (κ2) is 4.66. The third-order valence-corrected chi connectivity index (χ3v) is 5.14. The summed E-state index contributed by atoms with van der Waals surface area (Å²) in [4.78, 5) is 2.75. The normalized spacial score (nSPS) is 28.7. The highest BCUT2D eigenvalue weighted by atomic mass is 15.2. The first-order valence-electron chi connectivity index (χ1n) is 7.14. The van der Waals surface area contributed by atoms with Gasteiger partial charge in [-0.2, -0.15) is 0 Å². The fourth-order valence-corrected chi connectivity index (χ4v) is 3.48. The first-order chi connectivity index (χ1) is 7.64. The molecule has 2 nitrogen and oxygen atoms in total. The molecular formula is C14H28N2. The lowest BCUT2D eigenvalue weighted by atomic mass is 9.77. The maximum absolute atomic E-state index is 3.66. The Hall–Kier alpha value is -0.0800. The molecule has 0 bridgehead atoms. The van der Waals surface area contributed by atoms with Gasteiger partial charge in [-0.1, -0.05) is 20.3 Å². The Morgan fingerprint density at radius 1 is 1.19 bits per heavy atom. The van der Waals surface area contributed by atoms with Crippen LogP contribution in [0.5, 0.6) is 0 Å². The van der Waals surface area contributed by atoms with Crippen LogP contribution in [0.25, 0.3) is 0 Å². The SMILES string of the molecule is CCCC(C)(CC)N1CCC2(CCN2)CC1. The third-order valence-electron chi connectivity index (χ3n) is 5.14. The second-order valence-corrected chi connectivity index (χ2v) is 6.04. The maximum atomic E-state index is 3.66. The highest BCUT2D eigenvalue weighted by molar-refractivity contribution is 5.02. The molecule has 0 saturated carbocycles. The van der Waals surface area contributed by atoms with Crippen molar-refractivity contribution in [3.8, 4) is 0 Å². The van der Waals surface area contributed by atoms with Crippen LogP contribution in [0.15, 0.2) is 0 Å². The molecule has 2 aliphatic rings. The summed E-state index contributed by atoms with van der Waals surface area (Å²) in [5, 5.41) is 3.66. The molecule has 0 radical (unpaired) electrons. The van der Waals surface area contributed by atoms with Gasteiger partial charge in [0.2, 0.25) is 0 Å². The van der Waals surface area contributed by atoms with E-state index in [1.54, 1.807) is 0 Å². The van der Waals surface area contributed by atoms with Crippen molar-refractivity contribution in [2.45, 2.75) is 70.4 Å². The van der Waals surface area contributed by atoms with E-state index in [1.165, 1.54) is 58.2 Å². The smallest absolute Gasteiger partial charge is 0.0217 e. The van der Waals surface area contributed by atoms with E-state index in [0.29, 0.717) is 11.1 Å². The predicted octanol–water partition coefficient (Wildman–Crippen LogP) is 2.78. The monoisotopic (exact) mass is 224 g/mol. The van der Waals surface area contributed by atoms with Gasteiger partial charge < -0.3 is 5.32 Å². The van der Waals surface area contributed by atoms with Crippen molar-refractivity contribution in [3.63, 3.8) is 0 Å². The molecular weight excluding hydrogens is 196 g/mol. The lowest BCUT2D eigenvalue weighted by Crippen LogP contribution is -2.64. The minimum atomic E-state index is 0.458. The summed E-state index contributed by atoms with van der Waals surface area (Å²) in [7, 11) is 0. The lowest BCUT2D eigenvalue weighted by Gasteiger charge is -2.53. The van der Waals surface area contributed by atoms with Crippen molar-refractivity contribution in [2.24, 2.45) is 0 Å². The van der Waals surface area contributed by atoms with Gasteiger partial charge in [-0.05, 0) is 45.6 Å². The topological polar surface area (TPSA) is 15.3 Å². The molecule has 1 spiro atoms. The van der Waals surface area contributed by atoms with E-state index >= 15 is 0 Å². The number of hydrogen-bond donors (Lipinski definition) is 1. The molecule has 2 rings (SSSR count). The van der Waals surface area contributed by atoms with E-state index in [-0.39, 0.29) is 0 Å². The highest BCUT2D eigenvalue weighted by Crippen LogP contribution is 2.35. The summed E-state index contributed by atoms with van der Waals surface area (Å²) in [6.45, 7) is 11.0. The summed E-state index contributed by atoms with van der Waals surface area (Å²) in [6.07, 6.45) is 8.10. The zero-order valence-corrected chi connectivity index (χ0v) is 11.3. The first-order valence-corrected chi connectivity index (χ1v) is 7.14. The number of rotatable bonds is 4. The zero-order chi connectivity index (χ0) is 11.6. The van der Waals surface area contributed by atoms with Crippen molar-refractivity contribution in [2.75, 3.05) is 19.6 Å². The van der Waals surface area contributed by atoms with Crippen LogP contribution < -0.4 is 5.32 Å². The standard InChI is InChI=1S/C14H28N2/c1-4-6-13(3,5-2)16-11-8-14(9-12-16)7-10-15-14/h15H,4-12H2,1-3H3. The third kappa shape index (κ3) is 2.14. The van der Waals surface area contributed by atoms with Gasteiger partial charge in [0.05, 0.1) is 0 Å². The average Bonchev–Trinajstić information content (AvgIpc) is 2.27.